The van der Waals surface area contributed by atoms with Crippen LogP contribution in [0.15, 0.2) is 0 Å². The van der Waals surface area contributed by atoms with Crippen LogP contribution in [-0.2, 0) is 0 Å². The Morgan fingerprint density at radius 2 is 0.818 bits per heavy atom. The molecule has 0 N–H and O–H groups in total. The smallest absolute Gasteiger partial charge is 0.343 e. The van der Waals surface area contributed by atoms with E-state index in [0.717, 1.165) is 30.6 Å². The van der Waals surface area contributed by atoms with Gasteiger partial charge in [0.15, 0.2) is 0 Å². The zero-order chi connectivity index (χ0) is 17.3. The number of hydrogen-bond donors (Lipinski definition) is 0. The van der Waals surface area contributed by atoms with Crippen LogP contribution in [0, 0.1) is 31.6 Å². The summed E-state index contributed by atoms with van der Waals surface area (Å²) in [5.74, 6) is 2.78. The van der Waals surface area contributed by atoms with Crippen molar-refractivity contribution in [2.75, 3.05) is 0 Å². The Kier molecular flexibility index (Phi) is 34.7. The van der Waals surface area contributed by atoms with Crippen LogP contribution in [-0.4, -0.2) is 37.2 Å². The van der Waals surface area contributed by atoms with Crippen molar-refractivity contribution in [2.24, 2.45) is 17.8 Å². The summed E-state index contributed by atoms with van der Waals surface area (Å²) in [5.41, 5.74) is 0. The van der Waals surface area contributed by atoms with Crippen molar-refractivity contribution in [3.63, 3.8) is 0 Å². The topological polar surface area (TPSA) is 0 Å². The second-order valence-electron chi connectivity index (χ2n) is 7.46. The Balaban J connectivity index is -0.000000150. The van der Waals surface area contributed by atoms with Crippen LogP contribution >= 0.6 is 0 Å². The molecule has 0 saturated carbocycles. The van der Waals surface area contributed by atoms with E-state index in [2.05, 4.69) is 69.2 Å². The molecule has 0 aliphatic carbocycles. The van der Waals surface area contributed by atoms with Crippen LogP contribution in [0.1, 0.15) is 81.1 Å². The average molecular weight is 337 g/mol. The van der Waals surface area contributed by atoms with Gasteiger partial charge in [0.1, 0.15) is 0 Å². The Bertz CT molecular complexity index is 135. The van der Waals surface area contributed by atoms with Crippen LogP contribution in [0.3, 0.4) is 0 Å². The van der Waals surface area contributed by atoms with Gasteiger partial charge < -0.3 is 13.8 Å². The van der Waals surface area contributed by atoms with E-state index in [0.29, 0.717) is 0 Å². The molecule has 2 heteroatoms. The standard InChI is InChI=1S/5C4H9.Al.Mg/c3*1-4(2)3;2*1-3-4-2;;/h3*4H,1H2,2-3H3;2*1,3-4H2,2H3;;/q;;;2*-1;;+2. The van der Waals surface area contributed by atoms with Crippen molar-refractivity contribution in [3.05, 3.63) is 13.8 Å². The summed E-state index contributed by atoms with van der Waals surface area (Å²) in [5, 5.41) is 4.66. The number of hydrogen-bond acceptors (Lipinski definition) is 0. The molecule has 0 spiro atoms. The minimum atomic E-state index is -0.407. The summed E-state index contributed by atoms with van der Waals surface area (Å²) < 4.78 is 0. The Morgan fingerprint density at radius 3 is 0.909 bits per heavy atom. The molecule has 0 saturated heterocycles. The summed E-state index contributed by atoms with van der Waals surface area (Å²) in [4.78, 5) is 0. The molecule has 0 unspecified atom stereocenters. The van der Waals surface area contributed by atoms with Crippen molar-refractivity contribution in [1.82, 2.24) is 0 Å². The zero-order valence-corrected chi connectivity index (χ0v) is 19.9. The molecule has 0 aliphatic heterocycles. The Hall–Kier alpha value is 1.30. The molecule has 0 radical (unpaired) electrons. The van der Waals surface area contributed by atoms with Crippen molar-refractivity contribution in [3.8, 4) is 0 Å². The Morgan fingerprint density at radius 1 is 0.636 bits per heavy atom. The summed E-state index contributed by atoms with van der Waals surface area (Å²) in [6.45, 7) is 25.7. The van der Waals surface area contributed by atoms with Gasteiger partial charge in [0, 0.05) is 0 Å². The van der Waals surface area contributed by atoms with E-state index < -0.39 is 14.1 Å². The molecule has 0 aliphatic rings. The van der Waals surface area contributed by atoms with E-state index in [1.807, 2.05) is 0 Å². The number of rotatable bonds is 8. The molecule has 0 atom stereocenters. The van der Waals surface area contributed by atoms with Crippen LogP contribution in [0.2, 0.25) is 15.8 Å². The third-order valence-electron chi connectivity index (χ3n) is 3.12. The van der Waals surface area contributed by atoms with Gasteiger partial charge in [-0.15, -0.1) is 0 Å². The first kappa shape index (κ1) is 31.1. The molecule has 0 nitrogen and oxygen atoms in total. The first-order valence-electron chi connectivity index (χ1n) is 9.33. The van der Waals surface area contributed by atoms with Gasteiger partial charge in [-0.1, -0.05) is 102 Å². The normalized spacial score (nSPS) is 9.68. The van der Waals surface area contributed by atoms with E-state index in [9.17, 15) is 0 Å². The van der Waals surface area contributed by atoms with Crippen LogP contribution in [0.5, 0.6) is 0 Å². The SMILES string of the molecule is CC(C)[CH2][Al]([CH2]C(C)C)[CH2]C(C)C.[CH2-]CCC.[CH2-]CCC.[Mg+2]. The molecule has 130 valence electrons. The predicted octanol–water partition coefficient (Wildman–Crippen LogP) is 7.31. The fraction of sp³-hybridized carbons (Fsp3) is 0.900. The number of unbranched alkanes of at least 4 members (excludes halogenated alkanes) is 2. The fourth-order valence-electron chi connectivity index (χ4n) is 2.29. The van der Waals surface area contributed by atoms with Crippen LogP contribution in [0.25, 0.3) is 0 Å². The average Bonchev–Trinajstić information content (AvgIpc) is 2.37. The van der Waals surface area contributed by atoms with Gasteiger partial charge in [0.2, 0.25) is 0 Å². The third kappa shape index (κ3) is 37.5. The molecular formula is C20H45AlMg. The summed E-state index contributed by atoms with van der Waals surface area (Å²) in [6, 6.07) is 0. The van der Waals surface area contributed by atoms with Gasteiger partial charge in [-0.2, -0.15) is 12.8 Å². The maximum atomic E-state index is 3.60. The Labute approximate surface area is 165 Å². The maximum absolute atomic E-state index is 3.60. The molecule has 0 amide bonds. The summed E-state index contributed by atoms with van der Waals surface area (Å²) in [7, 11) is 0. The largest absolute Gasteiger partial charge is 2.00 e. The summed E-state index contributed by atoms with van der Waals surface area (Å²) >= 11 is -0.407. The van der Waals surface area contributed by atoms with Crippen molar-refractivity contribution in [1.29, 1.82) is 0 Å². The monoisotopic (exact) mass is 336 g/mol. The minimum absolute atomic E-state index is 0. The van der Waals surface area contributed by atoms with E-state index >= 15 is 0 Å². The molecule has 0 aromatic carbocycles. The molecular weight excluding hydrogens is 292 g/mol. The van der Waals surface area contributed by atoms with Crippen LogP contribution < -0.4 is 0 Å². The van der Waals surface area contributed by atoms with Crippen molar-refractivity contribution in [2.45, 2.75) is 96.9 Å². The van der Waals surface area contributed by atoms with Gasteiger partial charge in [0.25, 0.3) is 14.1 Å². The van der Waals surface area contributed by atoms with Crippen molar-refractivity contribution < 1.29 is 0 Å². The maximum Gasteiger partial charge on any atom is 2.00 e. The molecule has 0 fully saturated rings. The van der Waals surface area contributed by atoms with Crippen LogP contribution in [0.4, 0.5) is 0 Å². The molecule has 0 rings (SSSR count). The molecule has 22 heavy (non-hydrogen) atoms. The third-order valence-corrected chi connectivity index (χ3v) is 7.95. The quantitative estimate of drug-likeness (QED) is 0.322. The molecule has 0 aromatic heterocycles. The van der Waals surface area contributed by atoms with E-state index in [1.54, 1.807) is 15.8 Å². The zero-order valence-electron chi connectivity index (χ0n) is 17.4. The van der Waals surface area contributed by atoms with Crippen molar-refractivity contribution >= 4 is 37.2 Å². The van der Waals surface area contributed by atoms with Gasteiger partial charge in [0.05, 0.1) is 0 Å². The van der Waals surface area contributed by atoms with E-state index in [4.69, 9.17) is 0 Å². The first-order valence-corrected chi connectivity index (χ1v) is 11.8. The van der Waals surface area contributed by atoms with Gasteiger partial charge in [-0.3, -0.25) is 0 Å². The van der Waals surface area contributed by atoms with Gasteiger partial charge >= 0.3 is 23.1 Å². The predicted molar refractivity (Wildman–Crippen MR) is 111 cm³/mol. The fourth-order valence-corrected chi connectivity index (χ4v) is 6.87. The van der Waals surface area contributed by atoms with Gasteiger partial charge in [-0.25, -0.2) is 0 Å². The van der Waals surface area contributed by atoms with Gasteiger partial charge in [-0.05, 0) is 0 Å². The minimum Gasteiger partial charge on any atom is -0.343 e. The molecule has 0 heterocycles. The molecule has 0 aromatic rings. The van der Waals surface area contributed by atoms with E-state index in [1.165, 1.54) is 12.8 Å². The first-order chi connectivity index (χ1) is 9.74. The second kappa shape index (κ2) is 24.5. The molecule has 0 bridgehead atoms. The second-order valence-corrected chi connectivity index (χ2v) is 10.6. The summed E-state index contributed by atoms with van der Waals surface area (Å²) in [6.07, 6.45) is 4.56. The van der Waals surface area contributed by atoms with E-state index in [-0.39, 0.29) is 23.1 Å².